The van der Waals surface area contributed by atoms with E-state index >= 15 is 0 Å². The lowest BCUT2D eigenvalue weighted by Crippen LogP contribution is -2.39. The summed E-state index contributed by atoms with van der Waals surface area (Å²) in [6.07, 6.45) is 1.91. The fraction of sp³-hybridized carbons (Fsp3) is 0.233. The maximum atomic E-state index is 13.9. The quantitative estimate of drug-likeness (QED) is 0.325. The van der Waals surface area contributed by atoms with E-state index in [4.69, 9.17) is 16.3 Å². The highest BCUT2D eigenvalue weighted by molar-refractivity contribution is 7.07. The van der Waals surface area contributed by atoms with Crippen molar-refractivity contribution in [1.29, 1.82) is 0 Å². The lowest BCUT2D eigenvalue weighted by molar-refractivity contribution is -0.139. The summed E-state index contributed by atoms with van der Waals surface area (Å²) in [6, 6.07) is 17.0. The van der Waals surface area contributed by atoms with Crippen molar-refractivity contribution >= 4 is 35.0 Å². The zero-order valence-electron chi connectivity index (χ0n) is 21.9. The van der Waals surface area contributed by atoms with Gasteiger partial charge in [0.25, 0.3) is 5.56 Å². The lowest BCUT2D eigenvalue weighted by atomic mass is 9.95. The number of thiazole rings is 1. The van der Waals surface area contributed by atoms with E-state index in [0.29, 0.717) is 25.6 Å². The van der Waals surface area contributed by atoms with Crippen LogP contribution in [0.1, 0.15) is 48.0 Å². The molecule has 3 heterocycles. The highest BCUT2D eigenvalue weighted by Gasteiger charge is 2.33. The van der Waals surface area contributed by atoms with Crippen molar-refractivity contribution in [2.75, 3.05) is 6.61 Å². The number of rotatable bonds is 5. The topological polar surface area (TPSA) is 65.6 Å². The van der Waals surface area contributed by atoms with Crippen LogP contribution in [0.25, 0.3) is 11.8 Å². The van der Waals surface area contributed by atoms with Crippen LogP contribution in [0.2, 0.25) is 5.02 Å². The Labute approximate surface area is 229 Å². The molecule has 0 N–H and O–H groups in total. The molecule has 1 aliphatic heterocycles. The van der Waals surface area contributed by atoms with Gasteiger partial charge in [0.15, 0.2) is 4.80 Å². The van der Waals surface area contributed by atoms with Crippen molar-refractivity contribution in [2.24, 2.45) is 4.99 Å². The van der Waals surface area contributed by atoms with Crippen LogP contribution in [-0.2, 0) is 9.53 Å². The van der Waals surface area contributed by atoms with Crippen molar-refractivity contribution in [2.45, 2.75) is 40.7 Å². The first-order chi connectivity index (χ1) is 18.2. The largest absolute Gasteiger partial charge is 0.463 e. The molecule has 0 saturated carbocycles. The molecular formula is C30H28ClN3O3S. The first kappa shape index (κ1) is 25.9. The molecule has 1 unspecified atom stereocenters. The molecule has 194 valence electrons. The summed E-state index contributed by atoms with van der Waals surface area (Å²) in [4.78, 5) is 32.2. The van der Waals surface area contributed by atoms with E-state index in [1.165, 1.54) is 11.3 Å². The number of carbonyl (C=O) groups is 1. The number of benzene rings is 2. The van der Waals surface area contributed by atoms with Crippen LogP contribution < -0.4 is 14.9 Å². The molecule has 0 saturated heterocycles. The molecule has 38 heavy (non-hydrogen) atoms. The van der Waals surface area contributed by atoms with Gasteiger partial charge in [-0.15, -0.1) is 0 Å². The van der Waals surface area contributed by atoms with Crippen LogP contribution in [0.4, 0.5) is 0 Å². The van der Waals surface area contributed by atoms with Gasteiger partial charge in [-0.25, -0.2) is 9.79 Å². The maximum Gasteiger partial charge on any atom is 0.338 e. The summed E-state index contributed by atoms with van der Waals surface area (Å²) in [5, 5.41) is 0.679. The normalized spacial score (nSPS) is 15.4. The first-order valence-corrected chi connectivity index (χ1v) is 13.6. The Morgan fingerprint density at radius 1 is 1.08 bits per heavy atom. The van der Waals surface area contributed by atoms with E-state index in [1.807, 2.05) is 75.4 Å². The minimum atomic E-state index is -0.616. The van der Waals surface area contributed by atoms with E-state index in [0.717, 1.165) is 33.8 Å². The van der Waals surface area contributed by atoms with Gasteiger partial charge < -0.3 is 9.30 Å². The van der Waals surface area contributed by atoms with Gasteiger partial charge in [-0.3, -0.25) is 9.36 Å². The number of fused-ring (bicyclic) bond motifs is 1. The molecule has 0 bridgehead atoms. The highest BCUT2D eigenvalue weighted by Crippen LogP contribution is 2.31. The highest BCUT2D eigenvalue weighted by atomic mass is 35.5. The molecular weight excluding hydrogens is 518 g/mol. The molecule has 0 radical (unpaired) electrons. The van der Waals surface area contributed by atoms with Crippen molar-refractivity contribution in [3.63, 3.8) is 0 Å². The van der Waals surface area contributed by atoms with Crippen LogP contribution in [-0.4, -0.2) is 21.7 Å². The molecule has 0 aliphatic carbocycles. The van der Waals surface area contributed by atoms with E-state index in [-0.39, 0.29) is 12.2 Å². The second-order valence-electron chi connectivity index (χ2n) is 9.35. The molecule has 8 heteroatoms. The fourth-order valence-electron chi connectivity index (χ4n) is 4.92. The Balaban J connectivity index is 1.68. The molecule has 1 atom stereocenters. The van der Waals surface area contributed by atoms with Gasteiger partial charge in [0.2, 0.25) is 0 Å². The first-order valence-electron chi connectivity index (χ1n) is 12.4. The van der Waals surface area contributed by atoms with Crippen LogP contribution in [0.15, 0.2) is 75.7 Å². The number of carbonyl (C=O) groups excluding carboxylic acids is 1. The number of allylic oxidation sites excluding steroid dienone is 1. The molecule has 0 amide bonds. The number of aryl methyl sites for hydroxylation is 2. The number of hydrogen-bond donors (Lipinski definition) is 0. The SMILES string of the molecule is CCOC(=O)C1=C(C)N=c2s/c(=C\c3cc(C)n(-c4ccc(Cl)cc4)c3C)c(=O)n2C1c1ccc(C)cc1. The smallest absolute Gasteiger partial charge is 0.338 e. The van der Waals surface area contributed by atoms with Gasteiger partial charge in [-0.05, 0) is 82.2 Å². The van der Waals surface area contributed by atoms with Gasteiger partial charge in [0, 0.05) is 22.1 Å². The second-order valence-corrected chi connectivity index (χ2v) is 10.8. The Bertz CT molecular complexity index is 1760. The van der Waals surface area contributed by atoms with E-state index in [2.05, 4.69) is 15.6 Å². The second kappa shape index (κ2) is 10.2. The van der Waals surface area contributed by atoms with Crippen LogP contribution >= 0.6 is 22.9 Å². The summed E-state index contributed by atoms with van der Waals surface area (Å²) in [7, 11) is 0. The van der Waals surface area contributed by atoms with Crippen molar-refractivity contribution in [1.82, 2.24) is 9.13 Å². The van der Waals surface area contributed by atoms with Crippen LogP contribution in [0, 0.1) is 20.8 Å². The Morgan fingerprint density at radius 2 is 1.76 bits per heavy atom. The predicted molar refractivity (Wildman–Crippen MR) is 152 cm³/mol. The van der Waals surface area contributed by atoms with Gasteiger partial charge in [0.1, 0.15) is 0 Å². The minimum absolute atomic E-state index is 0.190. The van der Waals surface area contributed by atoms with E-state index < -0.39 is 12.0 Å². The molecule has 5 rings (SSSR count). The Morgan fingerprint density at radius 3 is 2.42 bits per heavy atom. The van der Waals surface area contributed by atoms with Crippen molar-refractivity contribution < 1.29 is 9.53 Å². The third-order valence-electron chi connectivity index (χ3n) is 6.75. The average Bonchev–Trinajstić information content (AvgIpc) is 3.34. The molecule has 1 aliphatic rings. The fourth-order valence-corrected chi connectivity index (χ4v) is 6.08. The number of aromatic nitrogens is 2. The summed E-state index contributed by atoms with van der Waals surface area (Å²) < 4.78 is 9.69. The Hall–Kier alpha value is -3.68. The lowest BCUT2D eigenvalue weighted by Gasteiger charge is -2.24. The summed E-state index contributed by atoms with van der Waals surface area (Å²) in [5.74, 6) is -0.458. The molecule has 0 spiro atoms. The molecule has 6 nitrogen and oxygen atoms in total. The van der Waals surface area contributed by atoms with Gasteiger partial charge in [0.05, 0.1) is 28.5 Å². The Kier molecular flexibility index (Phi) is 6.99. The number of hydrogen-bond acceptors (Lipinski definition) is 5. The number of ether oxygens (including phenoxy) is 1. The summed E-state index contributed by atoms with van der Waals surface area (Å²) in [5.41, 5.74) is 6.67. The predicted octanol–water partition coefficient (Wildman–Crippen LogP) is 5.17. The third-order valence-corrected chi connectivity index (χ3v) is 7.99. The molecule has 4 aromatic rings. The van der Waals surface area contributed by atoms with E-state index in [9.17, 15) is 9.59 Å². The van der Waals surface area contributed by atoms with Crippen LogP contribution in [0.3, 0.4) is 0 Å². The van der Waals surface area contributed by atoms with Crippen LogP contribution in [0.5, 0.6) is 0 Å². The van der Waals surface area contributed by atoms with Gasteiger partial charge in [-0.2, -0.15) is 0 Å². The van der Waals surface area contributed by atoms with Crippen molar-refractivity contribution in [3.8, 4) is 5.69 Å². The number of esters is 1. The van der Waals surface area contributed by atoms with Gasteiger partial charge in [-0.1, -0.05) is 52.8 Å². The third kappa shape index (κ3) is 4.57. The zero-order chi connectivity index (χ0) is 27.1. The molecule has 2 aromatic carbocycles. The monoisotopic (exact) mass is 545 g/mol. The number of halogens is 1. The standard InChI is InChI=1S/C30H28ClN3O3S/c1-6-37-29(36)26-19(4)32-30-34(27(26)21-9-7-17(2)8-10-21)28(35)25(38-30)16-22-15-18(3)33(20(22)5)24-13-11-23(31)12-14-24/h7-16,27H,6H2,1-5H3/b25-16-. The maximum absolute atomic E-state index is 13.9. The number of nitrogens with zero attached hydrogens (tertiary/aromatic N) is 3. The van der Waals surface area contributed by atoms with Crippen molar-refractivity contribution in [3.05, 3.63) is 119 Å². The minimum Gasteiger partial charge on any atom is -0.463 e. The van der Waals surface area contributed by atoms with Gasteiger partial charge >= 0.3 is 5.97 Å². The molecule has 2 aromatic heterocycles. The van der Waals surface area contributed by atoms with E-state index in [1.54, 1.807) is 18.4 Å². The summed E-state index contributed by atoms with van der Waals surface area (Å²) >= 11 is 7.41. The molecule has 0 fully saturated rings. The summed E-state index contributed by atoms with van der Waals surface area (Å²) in [6.45, 7) is 9.87. The average molecular weight is 546 g/mol. The zero-order valence-corrected chi connectivity index (χ0v) is 23.5.